The average Bonchev–Trinajstić information content (AvgIpc) is 2.15. The molecule has 1 aliphatic heterocycles. The smallest absolute Gasteiger partial charge is 0.315 e. The second-order valence-electron chi connectivity index (χ2n) is 2.65. The zero-order valence-electron chi connectivity index (χ0n) is 6.96. The predicted octanol–water partition coefficient (Wildman–Crippen LogP) is 0.131. The van der Waals surface area contributed by atoms with E-state index in [0.29, 0.717) is 13.0 Å². The maximum Gasteiger partial charge on any atom is 0.315 e. The molecule has 4 nitrogen and oxygen atoms in total. The van der Waals surface area contributed by atoms with Gasteiger partial charge in [0.1, 0.15) is 6.79 Å². The van der Waals surface area contributed by atoms with Crippen molar-refractivity contribution in [2.24, 2.45) is 0 Å². The third kappa shape index (κ3) is 3.65. The van der Waals surface area contributed by atoms with Crippen LogP contribution in [-0.2, 0) is 14.3 Å². The summed E-state index contributed by atoms with van der Waals surface area (Å²) in [6, 6.07) is 0. The minimum absolute atomic E-state index is 0.118. The molecule has 0 aromatic carbocycles. The van der Waals surface area contributed by atoms with Crippen LogP contribution in [0.5, 0.6) is 0 Å². The molecule has 0 aliphatic carbocycles. The van der Waals surface area contributed by atoms with Crippen molar-refractivity contribution in [2.45, 2.75) is 19.0 Å². The van der Waals surface area contributed by atoms with E-state index >= 15 is 0 Å². The van der Waals surface area contributed by atoms with Crippen LogP contribution in [0, 0.1) is 0 Å². The van der Waals surface area contributed by atoms with Crippen molar-refractivity contribution in [2.75, 3.05) is 19.9 Å². The molecule has 1 amide bonds. The lowest BCUT2D eigenvalue weighted by Gasteiger charge is -2.22. The molecule has 0 bridgehead atoms. The zero-order chi connectivity index (χ0) is 9.68. The van der Waals surface area contributed by atoms with Crippen molar-refractivity contribution in [3.05, 3.63) is 0 Å². The molecule has 1 fully saturated rings. The molecule has 0 radical (unpaired) electrons. The van der Waals surface area contributed by atoms with Gasteiger partial charge >= 0.3 is 6.43 Å². The fourth-order valence-corrected chi connectivity index (χ4v) is 0.954. The Morgan fingerprint density at radius 2 is 2.38 bits per heavy atom. The van der Waals surface area contributed by atoms with Gasteiger partial charge in [-0.15, -0.1) is 0 Å². The van der Waals surface area contributed by atoms with Gasteiger partial charge in [0.25, 0.3) is 5.91 Å². The Morgan fingerprint density at radius 3 is 2.92 bits per heavy atom. The van der Waals surface area contributed by atoms with E-state index in [2.05, 4.69) is 5.32 Å². The summed E-state index contributed by atoms with van der Waals surface area (Å²) in [4.78, 5) is 10.4. The van der Waals surface area contributed by atoms with Gasteiger partial charge in [-0.2, -0.15) is 8.78 Å². The van der Waals surface area contributed by atoms with Gasteiger partial charge in [-0.25, -0.2) is 0 Å². The lowest BCUT2D eigenvalue weighted by Crippen LogP contribution is -2.39. The van der Waals surface area contributed by atoms with E-state index in [1.54, 1.807) is 0 Å². The highest BCUT2D eigenvalue weighted by atomic mass is 19.3. The van der Waals surface area contributed by atoms with Crippen LogP contribution < -0.4 is 5.32 Å². The van der Waals surface area contributed by atoms with E-state index in [9.17, 15) is 13.6 Å². The minimum Gasteiger partial charge on any atom is -0.355 e. The summed E-state index contributed by atoms with van der Waals surface area (Å²) in [7, 11) is 0. The molecular formula is C7H11F2NO3. The molecule has 1 aliphatic rings. The number of nitrogens with one attached hydrogen (secondary N) is 1. The normalized spacial score (nSPS) is 23.2. The molecule has 76 valence electrons. The Bertz CT molecular complexity index is 171. The maximum atomic E-state index is 11.7. The first-order chi connectivity index (χ1) is 6.20. The molecule has 1 N–H and O–H groups in total. The molecule has 1 heterocycles. The number of carbonyl (C=O) groups is 1. The number of hydrogen-bond acceptors (Lipinski definition) is 3. The van der Waals surface area contributed by atoms with Gasteiger partial charge in [-0.3, -0.25) is 4.79 Å². The quantitative estimate of drug-likeness (QED) is 0.696. The summed E-state index contributed by atoms with van der Waals surface area (Å²) >= 11 is 0. The van der Waals surface area contributed by atoms with Gasteiger partial charge in [0.05, 0.1) is 12.7 Å². The lowest BCUT2D eigenvalue weighted by atomic mass is 10.2. The van der Waals surface area contributed by atoms with Crippen LogP contribution in [-0.4, -0.2) is 38.4 Å². The fourth-order valence-electron chi connectivity index (χ4n) is 0.954. The van der Waals surface area contributed by atoms with E-state index in [1.165, 1.54) is 0 Å². The standard InChI is InChI=1S/C7H11F2NO3/c8-6(9)7(11)10-3-5-1-2-12-4-13-5/h5-6H,1-4H2,(H,10,11). The zero-order valence-corrected chi connectivity index (χ0v) is 6.96. The molecule has 6 heteroatoms. The van der Waals surface area contributed by atoms with E-state index in [4.69, 9.17) is 9.47 Å². The summed E-state index contributed by atoms with van der Waals surface area (Å²) in [5.74, 6) is -1.25. The van der Waals surface area contributed by atoms with Gasteiger partial charge in [-0.05, 0) is 6.42 Å². The molecule has 13 heavy (non-hydrogen) atoms. The van der Waals surface area contributed by atoms with Crippen LogP contribution in [0.3, 0.4) is 0 Å². The fraction of sp³-hybridized carbons (Fsp3) is 0.857. The first-order valence-corrected chi connectivity index (χ1v) is 3.95. The van der Waals surface area contributed by atoms with E-state index in [-0.39, 0.29) is 19.4 Å². The highest BCUT2D eigenvalue weighted by molar-refractivity contribution is 5.79. The topological polar surface area (TPSA) is 47.6 Å². The van der Waals surface area contributed by atoms with Crippen molar-refractivity contribution in [1.29, 1.82) is 0 Å². The number of rotatable bonds is 3. The molecule has 0 spiro atoms. The van der Waals surface area contributed by atoms with Crippen LogP contribution >= 0.6 is 0 Å². The van der Waals surface area contributed by atoms with Crippen molar-refractivity contribution in [3.63, 3.8) is 0 Å². The summed E-state index contributed by atoms with van der Waals surface area (Å²) < 4.78 is 33.3. The molecular weight excluding hydrogens is 184 g/mol. The van der Waals surface area contributed by atoms with Crippen LogP contribution in [0.25, 0.3) is 0 Å². The molecule has 0 aromatic heterocycles. The molecule has 0 saturated carbocycles. The molecule has 1 atom stereocenters. The van der Waals surface area contributed by atoms with Crippen molar-refractivity contribution in [3.8, 4) is 0 Å². The van der Waals surface area contributed by atoms with Gasteiger partial charge in [0, 0.05) is 6.54 Å². The lowest BCUT2D eigenvalue weighted by molar-refractivity contribution is -0.144. The number of halogens is 2. The Hall–Kier alpha value is -0.750. The predicted molar refractivity (Wildman–Crippen MR) is 39.3 cm³/mol. The summed E-state index contributed by atoms with van der Waals surface area (Å²) in [5.41, 5.74) is 0. The van der Waals surface area contributed by atoms with Crippen LogP contribution in [0.4, 0.5) is 8.78 Å². The first-order valence-electron chi connectivity index (χ1n) is 3.95. The van der Waals surface area contributed by atoms with Crippen LogP contribution in [0.2, 0.25) is 0 Å². The Balaban J connectivity index is 2.13. The molecule has 1 saturated heterocycles. The third-order valence-electron chi connectivity index (χ3n) is 1.67. The second-order valence-corrected chi connectivity index (χ2v) is 2.65. The number of carbonyl (C=O) groups excluding carboxylic acids is 1. The molecule has 1 unspecified atom stereocenters. The van der Waals surface area contributed by atoms with Crippen LogP contribution in [0.1, 0.15) is 6.42 Å². The maximum absolute atomic E-state index is 11.7. The van der Waals surface area contributed by atoms with Gasteiger partial charge in [-0.1, -0.05) is 0 Å². The Morgan fingerprint density at radius 1 is 1.62 bits per heavy atom. The van der Waals surface area contributed by atoms with E-state index in [1.807, 2.05) is 0 Å². The highest BCUT2D eigenvalue weighted by Crippen LogP contribution is 2.04. The Kier molecular flexibility index (Phi) is 4.04. The Labute approximate surface area is 74.2 Å². The largest absolute Gasteiger partial charge is 0.355 e. The summed E-state index contributed by atoms with van der Waals surface area (Å²) in [6.45, 7) is 0.816. The van der Waals surface area contributed by atoms with Crippen LogP contribution in [0.15, 0.2) is 0 Å². The van der Waals surface area contributed by atoms with E-state index < -0.39 is 12.3 Å². The van der Waals surface area contributed by atoms with Crippen molar-refractivity contribution < 1.29 is 23.0 Å². The van der Waals surface area contributed by atoms with Gasteiger partial charge in [0.15, 0.2) is 0 Å². The number of hydrogen-bond donors (Lipinski definition) is 1. The third-order valence-corrected chi connectivity index (χ3v) is 1.67. The van der Waals surface area contributed by atoms with Gasteiger partial charge in [0.2, 0.25) is 0 Å². The summed E-state index contributed by atoms with van der Waals surface area (Å²) in [5, 5.41) is 2.08. The summed E-state index contributed by atoms with van der Waals surface area (Å²) in [6.07, 6.45) is -2.56. The van der Waals surface area contributed by atoms with E-state index in [0.717, 1.165) is 0 Å². The number of amides is 1. The number of alkyl halides is 2. The molecule has 1 rings (SSSR count). The number of ether oxygens (including phenoxy) is 2. The molecule has 0 aromatic rings. The average molecular weight is 195 g/mol. The highest BCUT2D eigenvalue weighted by Gasteiger charge is 2.18. The minimum atomic E-state index is -2.96. The van der Waals surface area contributed by atoms with Crippen molar-refractivity contribution in [1.82, 2.24) is 5.32 Å². The first kappa shape index (κ1) is 10.3. The monoisotopic (exact) mass is 195 g/mol. The second kappa shape index (κ2) is 5.08. The SMILES string of the molecule is O=C(NCC1CCOCO1)C(F)F. The van der Waals surface area contributed by atoms with Crippen molar-refractivity contribution >= 4 is 5.91 Å². The van der Waals surface area contributed by atoms with Gasteiger partial charge < -0.3 is 14.8 Å².